The second-order valence-electron chi connectivity index (χ2n) is 7.67. The molecule has 0 saturated heterocycles. The quantitative estimate of drug-likeness (QED) is 0.255. The van der Waals surface area contributed by atoms with E-state index >= 15 is 0 Å². The molecule has 0 saturated carbocycles. The topological polar surface area (TPSA) is 74.9 Å². The van der Waals surface area contributed by atoms with Crippen LogP contribution in [0.3, 0.4) is 0 Å². The summed E-state index contributed by atoms with van der Waals surface area (Å²) in [5.74, 6) is 0.831. The zero-order valence-corrected chi connectivity index (χ0v) is 18.7. The van der Waals surface area contributed by atoms with E-state index in [1.165, 1.54) is 21.4 Å². The molecule has 5 rings (SSSR count). The van der Waals surface area contributed by atoms with Crippen LogP contribution in [0.5, 0.6) is 0 Å². The molecule has 0 atom stereocenters. The number of thiophene rings is 1. The van der Waals surface area contributed by atoms with Gasteiger partial charge in [-0.15, -0.1) is 11.3 Å². The number of anilines is 2. The van der Waals surface area contributed by atoms with Gasteiger partial charge in [-0.1, -0.05) is 24.3 Å². The van der Waals surface area contributed by atoms with E-state index in [4.69, 9.17) is 4.74 Å². The number of nitrogens with zero attached hydrogens (tertiary/aromatic N) is 2. The second-order valence-corrected chi connectivity index (χ2v) is 8.72. The number of ether oxygens (including phenoxy) is 1. The summed E-state index contributed by atoms with van der Waals surface area (Å²) in [6.07, 6.45) is 4.59. The van der Waals surface area contributed by atoms with Gasteiger partial charge in [0.15, 0.2) is 5.82 Å². The first-order chi connectivity index (χ1) is 15.8. The van der Waals surface area contributed by atoms with Crippen LogP contribution in [0.4, 0.5) is 11.5 Å². The fraction of sp³-hybridized carbons (Fsp3) is 0.200. The number of fused-ring (bicyclic) bond motifs is 2. The van der Waals surface area contributed by atoms with Crippen molar-refractivity contribution < 1.29 is 4.74 Å². The highest BCUT2D eigenvalue weighted by Crippen LogP contribution is 2.36. The average Bonchev–Trinajstić information content (AvgIpc) is 3.47. The molecule has 0 aliphatic rings. The Morgan fingerprint density at radius 2 is 1.94 bits per heavy atom. The predicted octanol–water partition coefficient (Wildman–Crippen LogP) is 5.71. The Bertz CT molecular complexity index is 1330. The molecule has 0 aliphatic heterocycles. The molecular formula is C25H25N5OS. The van der Waals surface area contributed by atoms with Crippen LogP contribution >= 0.6 is 11.3 Å². The van der Waals surface area contributed by atoms with E-state index in [0.29, 0.717) is 0 Å². The first kappa shape index (κ1) is 20.6. The lowest BCUT2D eigenvalue weighted by atomic mass is 10.1. The molecule has 0 fully saturated rings. The summed E-state index contributed by atoms with van der Waals surface area (Å²) in [4.78, 5) is 13.4. The summed E-state index contributed by atoms with van der Waals surface area (Å²) in [5.41, 5.74) is 5.55. The average molecular weight is 444 g/mol. The largest absolute Gasteiger partial charge is 0.385 e. The van der Waals surface area contributed by atoms with Crippen molar-refractivity contribution in [2.45, 2.75) is 13.0 Å². The third-order valence-electron chi connectivity index (χ3n) is 5.40. The van der Waals surface area contributed by atoms with Crippen molar-refractivity contribution in [2.24, 2.45) is 0 Å². The molecule has 3 N–H and O–H groups in total. The molecule has 2 aromatic carbocycles. The minimum atomic E-state index is 0.790. The Labute approximate surface area is 190 Å². The minimum Gasteiger partial charge on any atom is -0.385 e. The summed E-state index contributed by atoms with van der Waals surface area (Å²) >= 11 is 1.71. The van der Waals surface area contributed by atoms with E-state index < -0.39 is 0 Å². The number of benzene rings is 2. The van der Waals surface area contributed by atoms with Gasteiger partial charge in [0.1, 0.15) is 6.33 Å². The van der Waals surface area contributed by atoms with Crippen LogP contribution in [0.25, 0.3) is 31.6 Å². The smallest absolute Gasteiger partial charge is 0.151 e. The van der Waals surface area contributed by atoms with Crippen molar-refractivity contribution in [1.29, 1.82) is 0 Å². The van der Waals surface area contributed by atoms with Crippen molar-refractivity contribution in [3.8, 4) is 10.4 Å². The highest BCUT2D eigenvalue weighted by Gasteiger charge is 2.11. The summed E-state index contributed by atoms with van der Waals surface area (Å²) in [7, 11) is 1.74. The maximum atomic E-state index is 5.08. The molecule has 0 bridgehead atoms. The SMILES string of the molecule is COCCCNCc1ccc(-c2cc3ncnc(Nc4ccc5[nH]ccc5c4)c3s2)cc1. The first-order valence-electron chi connectivity index (χ1n) is 10.7. The first-order valence-corrected chi connectivity index (χ1v) is 11.5. The normalized spacial score (nSPS) is 11.4. The number of hydrogen-bond donors (Lipinski definition) is 3. The van der Waals surface area contributed by atoms with Gasteiger partial charge >= 0.3 is 0 Å². The van der Waals surface area contributed by atoms with Crippen molar-refractivity contribution in [1.82, 2.24) is 20.3 Å². The van der Waals surface area contributed by atoms with E-state index in [-0.39, 0.29) is 0 Å². The molecule has 0 aliphatic carbocycles. The molecule has 32 heavy (non-hydrogen) atoms. The zero-order chi connectivity index (χ0) is 21.8. The molecule has 5 aromatic rings. The summed E-state index contributed by atoms with van der Waals surface area (Å²) in [6, 6.07) is 19.2. The number of methoxy groups -OCH3 is 1. The number of hydrogen-bond acceptors (Lipinski definition) is 6. The molecule has 0 amide bonds. The monoisotopic (exact) mass is 443 g/mol. The molecule has 0 spiro atoms. The molecule has 0 unspecified atom stereocenters. The fourth-order valence-corrected chi connectivity index (χ4v) is 4.78. The van der Waals surface area contributed by atoms with Gasteiger partial charge in [-0.25, -0.2) is 9.97 Å². The van der Waals surface area contributed by atoms with E-state index in [2.05, 4.69) is 80.2 Å². The number of H-pyrrole nitrogens is 1. The van der Waals surface area contributed by atoms with Crippen molar-refractivity contribution in [3.63, 3.8) is 0 Å². The molecule has 7 heteroatoms. The van der Waals surface area contributed by atoms with Gasteiger partial charge in [0.25, 0.3) is 0 Å². The van der Waals surface area contributed by atoms with Crippen LogP contribution in [0.2, 0.25) is 0 Å². The van der Waals surface area contributed by atoms with Crippen molar-refractivity contribution in [2.75, 3.05) is 25.6 Å². The zero-order valence-electron chi connectivity index (χ0n) is 17.9. The number of rotatable bonds is 9. The van der Waals surface area contributed by atoms with E-state index in [1.807, 2.05) is 6.20 Å². The van der Waals surface area contributed by atoms with Crippen LogP contribution in [-0.4, -0.2) is 35.2 Å². The summed E-state index contributed by atoms with van der Waals surface area (Å²) in [6.45, 7) is 2.61. The maximum absolute atomic E-state index is 5.08. The predicted molar refractivity (Wildman–Crippen MR) is 133 cm³/mol. The lowest BCUT2D eigenvalue weighted by Gasteiger charge is -2.06. The molecule has 162 valence electrons. The minimum absolute atomic E-state index is 0.790. The van der Waals surface area contributed by atoms with Gasteiger partial charge in [0.2, 0.25) is 0 Å². The molecule has 0 radical (unpaired) electrons. The Morgan fingerprint density at radius 3 is 2.81 bits per heavy atom. The highest BCUT2D eigenvalue weighted by atomic mass is 32.1. The molecule has 6 nitrogen and oxygen atoms in total. The van der Waals surface area contributed by atoms with E-state index in [1.54, 1.807) is 24.8 Å². The fourth-order valence-electron chi connectivity index (χ4n) is 3.71. The Kier molecular flexibility index (Phi) is 6.11. The van der Waals surface area contributed by atoms with E-state index in [0.717, 1.165) is 53.4 Å². The molecule has 3 aromatic heterocycles. The van der Waals surface area contributed by atoms with E-state index in [9.17, 15) is 0 Å². The van der Waals surface area contributed by atoms with Crippen LogP contribution in [0.15, 0.2) is 67.1 Å². The summed E-state index contributed by atoms with van der Waals surface area (Å²) < 4.78 is 6.14. The van der Waals surface area contributed by atoms with Crippen LogP contribution < -0.4 is 10.6 Å². The van der Waals surface area contributed by atoms with Crippen LogP contribution in [-0.2, 0) is 11.3 Å². The van der Waals surface area contributed by atoms with Gasteiger partial charge in [-0.05, 0) is 54.4 Å². The lowest BCUT2D eigenvalue weighted by molar-refractivity contribution is 0.194. The van der Waals surface area contributed by atoms with Crippen LogP contribution in [0, 0.1) is 0 Å². The summed E-state index contributed by atoms with van der Waals surface area (Å²) in [5, 5.41) is 8.09. The van der Waals surface area contributed by atoms with Gasteiger partial charge in [-0.3, -0.25) is 0 Å². The molecular weight excluding hydrogens is 418 g/mol. The van der Waals surface area contributed by atoms with Crippen LogP contribution in [0.1, 0.15) is 12.0 Å². The Balaban J connectivity index is 1.33. The lowest BCUT2D eigenvalue weighted by Crippen LogP contribution is -2.15. The second kappa shape index (κ2) is 9.48. The number of aromatic amines is 1. The van der Waals surface area contributed by atoms with Crippen molar-refractivity contribution in [3.05, 3.63) is 72.7 Å². The number of aromatic nitrogens is 3. The van der Waals surface area contributed by atoms with Gasteiger partial charge in [0.05, 0.1) is 10.2 Å². The van der Waals surface area contributed by atoms with Gasteiger partial charge in [0, 0.05) is 47.9 Å². The maximum Gasteiger partial charge on any atom is 0.151 e. The third kappa shape index (κ3) is 4.50. The van der Waals surface area contributed by atoms with Gasteiger partial charge in [-0.2, -0.15) is 0 Å². The Morgan fingerprint density at radius 1 is 1.03 bits per heavy atom. The number of nitrogens with one attached hydrogen (secondary N) is 3. The van der Waals surface area contributed by atoms with Gasteiger partial charge < -0.3 is 20.4 Å². The highest BCUT2D eigenvalue weighted by molar-refractivity contribution is 7.22. The third-order valence-corrected chi connectivity index (χ3v) is 6.58. The molecule has 3 heterocycles. The standard InChI is InChI=1S/C25H25N5OS/c1-31-12-2-10-26-15-17-3-5-18(6-4-17)23-14-22-24(32-23)25(29-16-28-22)30-20-7-8-21-19(13-20)9-11-27-21/h3-9,11,13-14,16,26-27H,2,10,12,15H2,1H3,(H,28,29,30). The van der Waals surface area contributed by atoms with Crippen molar-refractivity contribution >= 4 is 44.0 Å². The Hall–Kier alpha value is -3.26.